The molecule has 2 amide bonds. The van der Waals surface area contributed by atoms with Crippen LogP contribution in [0, 0.1) is 0 Å². The molecule has 0 spiro atoms. The van der Waals surface area contributed by atoms with E-state index in [0.29, 0.717) is 4.55 Å². The normalized spacial score (nSPS) is 20.6. The van der Waals surface area contributed by atoms with Crippen LogP contribution < -0.4 is 0 Å². The van der Waals surface area contributed by atoms with Crippen LogP contribution in [0.1, 0.15) is 0 Å². The molecule has 96 valence electrons. The maximum Gasteiger partial charge on any atom is 0.510 e. The number of rotatable bonds is 2. The number of hydrogen-bond donors (Lipinski definition) is 2. The minimum absolute atomic E-state index is 0.0677. The number of amides is 2. The molecule has 0 aromatic heterocycles. The van der Waals surface area contributed by atoms with Crippen molar-refractivity contribution in [3.63, 3.8) is 0 Å². The third-order valence-electron chi connectivity index (χ3n) is 2.14. The zero-order chi connectivity index (χ0) is 12.6. The zero-order valence-electron chi connectivity index (χ0n) is 8.52. The number of halogens is 1. The van der Waals surface area contributed by atoms with Crippen LogP contribution in [-0.2, 0) is 9.47 Å². The lowest BCUT2D eigenvalue weighted by molar-refractivity contribution is -0.768. The molecule has 2 N–H and O–H groups in total. The quantitative estimate of drug-likeness (QED) is 0.687. The third-order valence-corrected chi connectivity index (χ3v) is 3.43. The zero-order valence-corrected chi connectivity index (χ0v) is 10.2. The number of ether oxygens (including phenoxy) is 2. The van der Waals surface area contributed by atoms with Crippen LogP contribution in [0.4, 0.5) is 9.59 Å². The third kappa shape index (κ3) is 2.32. The maximum absolute atomic E-state index is 11.3. The SMILES string of the molecule is O=C1OCCN1[N+](N1CCOC1=O)=P(O)(O)Cl. The van der Waals surface area contributed by atoms with Gasteiger partial charge in [0.15, 0.2) is 0 Å². The van der Waals surface area contributed by atoms with E-state index < -0.39 is 19.0 Å². The number of hydrazine groups is 2. The second-order valence-corrected chi connectivity index (χ2v) is 5.95. The summed E-state index contributed by atoms with van der Waals surface area (Å²) in [5.41, 5.74) is 0. The second kappa shape index (κ2) is 4.34. The van der Waals surface area contributed by atoms with Crippen LogP contribution in [0.25, 0.3) is 0 Å². The van der Waals surface area contributed by atoms with Crippen LogP contribution in [0.15, 0.2) is 0 Å². The molecule has 2 fully saturated rings. The summed E-state index contributed by atoms with van der Waals surface area (Å²) in [5.74, 6) is 0. The van der Waals surface area contributed by atoms with E-state index in [9.17, 15) is 19.4 Å². The molecular weight excluding hydrogens is 277 g/mol. The minimum atomic E-state index is -4.14. The van der Waals surface area contributed by atoms with E-state index in [4.69, 9.17) is 11.2 Å². The summed E-state index contributed by atoms with van der Waals surface area (Å²) in [6.45, 7) is -3.85. The van der Waals surface area contributed by atoms with Crippen molar-refractivity contribution in [2.45, 2.75) is 0 Å². The van der Waals surface area contributed by atoms with Crippen LogP contribution in [-0.4, -0.2) is 62.8 Å². The first kappa shape index (κ1) is 12.4. The Morgan fingerprint density at radius 1 is 1.12 bits per heavy atom. The van der Waals surface area contributed by atoms with Crippen molar-refractivity contribution < 1.29 is 33.4 Å². The van der Waals surface area contributed by atoms with Gasteiger partial charge in [-0.3, -0.25) is 9.79 Å². The van der Waals surface area contributed by atoms with Gasteiger partial charge < -0.3 is 9.47 Å². The van der Waals surface area contributed by atoms with Crippen molar-refractivity contribution in [1.29, 1.82) is 0 Å². The summed E-state index contributed by atoms with van der Waals surface area (Å²) in [5, 5.41) is 1.71. The van der Waals surface area contributed by atoms with Crippen molar-refractivity contribution in [3.05, 3.63) is 0 Å². The molecule has 0 aromatic carbocycles. The summed E-state index contributed by atoms with van der Waals surface area (Å²) in [6.07, 6.45) is -1.62. The molecule has 2 saturated heterocycles. The van der Waals surface area contributed by atoms with E-state index in [0.717, 1.165) is 10.0 Å². The van der Waals surface area contributed by atoms with Gasteiger partial charge in [-0.2, -0.15) is 0 Å². The van der Waals surface area contributed by atoms with Gasteiger partial charge in [-0.1, -0.05) is 0 Å². The lowest BCUT2D eigenvalue weighted by Gasteiger charge is -2.17. The number of carbonyl (C=O) groups is 2. The summed E-state index contributed by atoms with van der Waals surface area (Å²) in [6, 6.07) is 0. The number of carbonyl (C=O) groups excluding carboxylic acids is 2. The molecule has 9 nitrogen and oxygen atoms in total. The van der Waals surface area contributed by atoms with Crippen LogP contribution in [0.5, 0.6) is 0 Å². The molecule has 17 heavy (non-hydrogen) atoms. The first-order valence-corrected chi connectivity index (χ1v) is 7.19. The topological polar surface area (TPSA) is 103 Å². The Kier molecular flexibility index (Phi) is 3.17. The van der Waals surface area contributed by atoms with Crippen LogP contribution in [0.2, 0.25) is 0 Å². The number of cyclic esters (lactones) is 2. The van der Waals surface area contributed by atoms with Gasteiger partial charge in [0.05, 0.1) is 4.55 Å². The second-order valence-electron chi connectivity index (χ2n) is 3.24. The smallest absolute Gasteiger partial charge is 0.444 e. The average molecular weight is 287 g/mol. The van der Waals surface area contributed by atoms with E-state index in [1.54, 1.807) is 0 Å². The lowest BCUT2D eigenvalue weighted by atomic mass is 10.7. The van der Waals surface area contributed by atoms with Gasteiger partial charge in [0, 0.05) is 11.2 Å². The van der Waals surface area contributed by atoms with Gasteiger partial charge in [0.2, 0.25) is 0 Å². The molecule has 0 aliphatic carbocycles. The Bertz CT molecular complexity index is 386. The molecule has 0 aromatic rings. The average Bonchev–Trinajstić information content (AvgIpc) is 2.77. The number of nitrogens with zero attached hydrogens (tertiary/aromatic N) is 3. The molecule has 2 aliphatic rings. The van der Waals surface area contributed by atoms with Crippen LogP contribution >= 0.6 is 18.1 Å². The van der Waals surface area contributed by atoms with Crippen molar-refractivity contribution in [2.24, 2.45) is 0 Å². The summed E-state index contributed by atoms with van der Waals surface area (Å²) < 4.78 is 9.89. The van der Waals surface area contributed by atoms with E-state index in [-0.39, 0.29) is 26.3 Å². The monoisotopic (exact) mass is 286 g/mol. The minimum Gasteiger partial charge on any atom is -0.444 e. The highest BCUT2D eigenvalue weighted by Crippen LogP contribution is 2.46. The molecular formula is C6H10ClN3O6P+. The molecule has 0 bridgehead atoms. The first-order chi connectivity index (χ1) is 7.91. The molecule has 2 heterocycles. The Labute approximate surface area is 101 Å². The highest BCUT2D eigenvalue weighted by atomic mass is 35.7. The Balaban J connectivity index is 2.40. The molecule has 2 rings (SSSR count). The van der Waals surface area contributed by atoms with Crippen molar-refractivity contribution >= 4 is 30.3 Å². The van der Waals surface area contributed by atoms with Gasteiger partial charge in [-0.15, -0.1) is 0 Å². The first-order valence-electron chi connectivity index (χ1n) is 4.64. The predicted molar refractivity (Wildman–Crippen MR) is 53.6 cm³/mol. The molecule has 0 atom stereocenters. The van der Waals surface area contributed by atoms with E-state index >= 15 is 0 Å². The molecule has 11 heteroatoms. The highest BCUT2D eigenvalue weighted by molar-refractivity contribution is 7.79. The van der Waals surface area contributed by atoms with E-state index in [1.165, 1.54) is 0 Å². The summed E-state index contributed by atoms with van der Waals surface area (Å²) >= 11 is 5.44. The van der Waals surface area contributed by atoms with Crippen molar-refractivity contribution in [2.75, 3.05) is 26.3 Å². The Morgan fingerprint density at radius 2 is 1.53 bits per heavy atom. The fraction of sp³-hybridized carbons (Fsp3) is 0.667. The van der Waals surface area contributed by atoms with Crippen molar-refractivity contribution in [1.82, 2.24) is 10.0 Å². The fourth-order valence-corrected chi connectivity index (χ4v) is 2.86. The maximum atomic E-state index is 11.3. The molecule has 2 aliphatic heterocycles. The van der Waals surface area contributed by atoms with E-state index in [1.807, 2.05) is 0 Å². The lowest BCUT2D eigenvalue weighted by Crippen LogP contribution is -2.47. The predicted octanol–water partition coefficient (Wildman–Crippen LogP) is -0.0971. The standard InChI is InChI=1S/C6H9ClN3O6P/c7-17(13,14)10(8-1-3-15-5(8)11)9-2-4-16-6(9)12/h1-4H2,(H,13,14)/p+1. The Hall–Kier alpha value is -1.02. The fourth-order valence-electron chi connectivity index (χ4n) is 1.50. The van der Waals surface area contributed by atoms with Crippen molar-refractivity contribution in [3.8, 4) is 0 Å². The number of hydrogen-bond acceptors (Lipinski definition) is 4. The van der Waals surface area contributed by atoms with Gasteiger partial charge in [0.25, 0.3) is 0 Å². The van der Waals surface area contributed by atoms with Gasteiger partial charge >= 0.3 is 19.0 Å². The van der Waals surface area contributed by atoms with E-state index in [2.05, 4.69) is 9.47 Å². The molecule has 0 radical (unpaired) electrons. The summed E-state index contributed by atoms with van der Waals surface area (Å²) in [7, 11) is 0. The Morgan fingerprint density at radius 3 is 1.76 bits per heavy atom. The summed E-state index contributed by atoms with van der Waals surface area (Å²) in [4.78, 5) is 41.7. The van der Waals surface area contributed by atoms with Crippen LogP contribution in [0.3, 0.4) is 0 Å². The van der Waals surface area contributed by atoms with Gasteiger partial charge in [0.1, 0.15) is 26.3 Å². The molecule has 0 unspecified atom stereocenters. The largest absolute Gasteiger partial charge is 0.510 e. The van der Waals surface area contributed by atoms with Gasteiger partial charge in [-0.25, -0.2) is 9.59 Å². The molecule has 0 saturated carbocycles. The van der Waals surface area contributed by atoms with Gasteiger partial charge in [-0.05, 0) is 10.0 Å². The highest BCUT2D eigenvalue weighted by Gasteiger charge is 2.48.